The van der Waals surface area contributed by atoms with E-state index < -0.39 is 0 Å². The second-order valence-corrected chi connectivity index (χ2v) is 8.19. The molecule has 8 unspecified atom stereocenters. The van der Waals surface area contributed by atoms with Gasteiger partial charge in [0.05, 0.1) is 12.2 Å². The maximum absolute atomic E-state index is 11.1. The molecule has 1 N–H and O–H groups in total. The van der Waals surface area contributed by atoms with Crippen molar-refractivity contribution in [3.63, 3.8) is 0 Å². The first-order valence-electron chi connectivity index (χ1n) is 9.11. The molecular formula is C18H31NO2. The number of hydrogen-bond donors (Lipinski definition) is 1. The first-order valence-corrected chi connectivity index (χ1v) is 9.11. The highest BCUT2D eigenvalue weighted by Gasteiger charge is 2.57. The predicted octanol–water partition coefficient (Wildman–Crippen LogP) is 2.53. The summed E-state index contributed by atoms with van der Waals surface area (Å²) in [5.74, 6) is 3.64. The predicted molar refractivity (Wildman–Crippen MR) is 83.0 cm³/mol. The minimum absolute atomic E-state index is 0.0801. The number of piperidine rings is 1. The normalized spacial score (nSPS) is 53.9. The van der Waals surface area contributed by atoms with Crippen molar-refractivity contribution in [2.75, 3.05) is 20.7 Å². The third-order valence-corrected chi connectivity index (χ3v) is 7.44. The van der Waals surface area contributed by atoms with Gasteiger partial charge in [-0.1, -0.05) is 12.8 Å². The van der Waals surface area contributed by atoms with Crippen molar-refractivity contribution in [2.45, 2.75) is 63.2 Å². The fraction of sp³-hybridized carbons (Fsp3) is 1.00. The summed E-state index contributed by atoms with van der Waals surface area (Å²) in [5.41, 5.74) is 0. The molecule has 0 aromatic carbocycles. The number of aliphatic hydroxyl groups is 1. The Bertz CT molecular complexity index is 387. The lowest BCUT2D eigenvalue weighted by molar-refractivity contribution is -0.171. The Hall–Kier alpha value is -0.120. The molecule has 1 saturated heterocycles. The van der Waals surface area contributed by atoms with Gasteiger partial charge in [0, 0.05) is 13.2 Å². The first-order chi connectivity index (χ1) is 10.2. The summed E-state index contributed by atoms with van der Waals surface area (Å²) >= 11 is 0. The van der Waals surface area contributed by atoms with Crippen molar-refractivity contribution in [1.29, 1.82) is 0 Å². The second-order valence-electron chi connectivity index (χ2n) is 8.19. The molecule has 1 aliphatic heterocycles. The van der Waals surface area contributed by atoms with E-state index >= 15 is 0 Å². The van der Waals surface area contributed by atoms with Crippen molar-refractivity contribution in [3.05, 3.63) is 0 Å². The van der Waals surface area contributed by atoms with Crippen LogP contribution in [0.2, 0.25) is 0 Å². The highest BCUT2D eigenvalue weighted by atomic mass is 16.5. The Morgan fingerprint density at radius 3 is 2.52 bits per heavy atom. The van der Waals surface area contributed by atoms with Crippen molar-refractivity contribution in [2.24, 2.45) is 29.6 Å². The van der Waals surface area contributed by atoms with Gasteiger partial charge >= 0.3 is 0 Å². The quantitative estimate of drug-likeness (QED) is 0.806. The van der Waals surface area contributed by atoms with Crippen LogP contribution in [0, 0.1) is 29.6 Å². The lowest BCUT2D eigenvalue weighted by atomic mass is 9.51. The summed E-state index contributed by atoms with van der Waals surface area (Å²) in [6.07, 6.45) is 9.47. The van der Waals surface area contributed by atoms with Crippen molar-refractivity contribution in [3.8, 4) is 0 Å². The van der Waals surface area contributed by atoms with Crippen LogP contribution in [0.3, 0.4) is 0 Å². The number of hydrogen-bond acceptors (Lipinski definition) is 3. The van der Waals surface area contributed by atoms with Crippen LogP contribution in [0.4, 0.5) is 0 Å². The summed E-state index contributed by atoms with van der Waals surface area (Å²) in [5, 5.41) is 11.1. The SMILES string of the molecule is COC1CC2CCN(C)C3C(O)C4CCCCC4C(C1)C23. The summed E-state index contributed by atoms with van der Waals surface area (Å²) in [7, 11) is 4.14. The topological polar surface area (TPSA) is 32.7 Å². The lowest BCUT2D eigenvalue weighted by Crippen LogP contribution is -2.65. The Balaban J connectivity index is 1.68. The summed E-state index contributed by atoms with van der Waals surface area (Å²) in [6, 6.07) is 0.422. The van der Waals surface area contributed by atoms with Crippen LogP contribution in [0.5, 0.6) is 0 Å². The molecule has 21 heavy (non-hydrogen) atoms. The number of methoxy groups -OCH3 is 1. The van der Waals surface area contributed by atoms with Crippen molar-refractivity contribution in [1.82, 2.24) is 4.90 Å². The first kappa shape index (κ1) is 14.5. The number of likely N-dealkylation sites (N-methyl/N-ethyl adjacent to an activating group) is 1. The highest BCUT2D eigenvalue weighted by Crippen LogP contribution is 2.56. The lowest BCUT2D eigenvalue weighted by Gasteiger charge is -2.61. The molecule has 1 heterocycles. The van der Waals surface area contributed by atoms with Crippen molar-refractivity contribution >= 4 is 0 Å². The molecule has 3 aliphatic carbocycles. The van der Waals surface area contributed by atoms with Crippen LogP contribution in [-0.2, 0) is 4.74 Å². The monoisotopic (exact) mass is 293 g/mol. The molecule has 0 aromatic heterocycles. The van der Waals surface area contributed by atoms with Gasteiger partial charge in [0.1, 0.15) is 0 Å². The molecule has 3 heteroatoms. The van der Waals surface area contributed by atoms with E-state index in [9.17, 15) is 5.11 Å². The fourth-order valence-electron chi connectivity index (χ4n) is 6.59. The van der Waals surface area contributed by atoms with E-state index in [0.29, 0.717) is 18.1 Å². The average molecular weight is 293 g/mol. The van der Waals surface area contributed by atoms with E-state index in [1.54, 1.807) is 0 Å². The molecule has 4 aliphatic rings. The maximum atomic E-state index is 11.1. The molecule has 8 atom stereocenters. The van der Waals surface area contributed by atoms with Gasteiger partial charge in [0.15, 0.2) is 0 Å². The summed E-state index contributed by atoms with van der Waals surface area (Å²) in [6.45, 7) is 1.16. The van der Waals surface area contributed by atoms with Gasteiger partial charge in [-0.2, -0.15) is 0 Å². The fourth-order valence-corrected chi connectivity index (χ4v) is 6.59. The Morgan fingerprint density at radius 1 is 1.00 bits per heavy atom. The van der Waals surface area contributed by atoms with Crippen LogP contribution in [0.15, 0.2) is 0 Å². The molecular weight excluding hydrogens is 262 g/mol. The Labute approximate surface area is 129 Å². The zero-order valence-corrected chi connectivity index (χ0v) is 13.6. The molecule has 120 valence electrons. The minimum Gasteiger partial charge on any atom is -0.391 e. The van der Waals surface area contributed by atoms with E-state index in [-0.39, 0.29) is 6.10 Å². The molecule has 4 fully saturated rings. The van der Waals surface area contributed by atoms with Crippen LogP contribution in [-0.4, -0.2) is 49.0 Å². The van der Waals surface area contributed by atoms with E-state index in [4.69, 9.17) is 4.74 Å². The number of rotatable bonds is 1. The van der Waals surface area contributed by atoms with Crippen LogP contribution in [0.25, 0.3) is 0 Å². The zero-order valence-electron chi connectivity index (χ0n) is 13.6. The van der Waals surface area contributed by atoms with E-state index in [0.717, 1.165) is 30.2 Å². The second kappa shape index (κ2) is 5.50. The molecule has 0 amide bonds. The van der Waals surface area contributed by atoms with Gasteiger partial charge in [-0.05, 0) is 75.3 Å². The van der Waals surface area contributed by atoms with E-state index in [2.05, 4.69) is 11.9 Å². The Morgan fingerprint density at radius 2 is 1.76 bits per heavy atom. The number of nitrogens with zero attached hydrogens (tertiary/aromatic N) is 1. The third kappa shape index (κ3) is 2.19. The molecule has 3 nitrogen and oxygen atoms in total. The molecule has 0 spiro atoms. The van der Waals surface area contributed by atoms with Gasteiger partial charge < -0.3 is 14.7 Å². The van der Waals surface area contributed by atoms with Gasteiger partial charge in [-0.25, -0.2) is 0 Å². The number of likely N-dealkylation sites (tertiary alicyclic amines) is 1. The molecule has 0 bridgehead atoms. The highest BCUT2D eigenvalue weighted by molar-refractivity contribution is 5.08. The minimum atomic E-state index is -0.0801. The van der Waals surface area contributed by atoms with Crippen LogP contribution >= 0.6 is 0 Å². The van der Waals surface area contributed by atoms with Gasteiger partial charge in [-0.3, -0.25) is 0 Å². The smallest absolute Gasteiger partial charge is 0.0729 e. The molecule has 0 aromatic rings. The standard InChI is InChI=1S/C18H31NO2/c1-19-8-7-11-9-12(21-2)10-15-13-5-3-4-6-14(13)18(20)17(19)16(11)15/h11-18,20H,3-10H2,1-2H3. The number of ether oxygens (including phenoxy) is 1. The Kier molecular flexibility index (Phi) is 3.79. The third-order valence-electron chi connectivity index (χ3n) is 7.44. The summed E-state index contributed by atoms with van der Waals surface area (Å²) < 4.78 is 5.79. The largest absolute Gasteiger partial charge is 0.391 e. The number of fused-ring (bicyclic) bond motifs is 2. The zero-order chi connectivity index (χ0) is 14.6. The van der Waals surface area contributed by atoms with Crippen LogP contribution < -0.4 is 0 Å². The van der Waals surface area contributed by atoms with E-state index in [1.165, 1.54) is 44.9 Å². The average Bonchev–Trinajstić information content (AvgIpc) is 2.53. The van der Waals surface area contributed by atoms with Crippen molar-refractivity contribution < 1.29 is 9.84 Å². The van der Waals surface area contributed by atoms with Crippen LogP contribution in [0.1, 0.15) is 44.9 Å². The molecule has 4 rings (SSSR count). The maximum Gasteiger partial charge on any atom is 0.0729 e. The molecule has 0 radical (unpaired) electrons. The summed E-state index contributed by atoms with van der Waals surface area (Å²) in [4.78, 5) is 2.48. The van der Waals surface area contributed by atoms with Gasteiger partial charge in [0.2, 0.25) is 0 Å². The van der Waals surface area contributed by atoms with Gasteiger partial charge in [-0.15, -0.1) is 0 Å². The van der Waals surface area contributed by atoms with Gasteiger partial charge in [0.25, 0.3) is 0 Å². The van der Waals surface area contributed by atoms with E-state index in [1.807, 2.05) is 7.11 Å². The molecule has 3 saturated carbocycles. The number of aliphatic hydroxyl groups excluding tert-OH is 1.